The molecule has 0 saturated carbocycles. The molecule has 1 N–H and O–H groups in total. The first-order chi connectivity index (χ1) is 10.1. The topological polar surface area (TPSA) is 44.2 Å². The molecule has 1 aliphatic rings. The quantitative estimate of drug-likeness (QED) is 0.802. The zero-order valence-corrected chi connectivity index (χ0v) is 13.3. The van der Waals surface area contributed by atoms with Gasteiger partial charge >= 0.3 is 0 Å². The highest BCUT2D eigenvalue weighted by Gasteiger charge is 2.33. The molecule has 0 bridgehead atoms. The summed E-state index contributed by atoms with van der Waals surface area (Å²) in [6, 6.07) is 17.0. The van der Waals surface area contributed by atoms with Crippen molar-refractivity contribution < 1.29 is 4.79 Å². The minimum absolute atomic E-state index is 0.156. The molecule has 2 aromatic carbocycles. The number of hydrogen-bond acceptors (Lipinski definition) is 3. The van der Waals surface area contributed by atoms with Crippen molar-refractivity contribution >= 4 is 50.5 Å². The highest BCUT2D eigenvalue weighted by Crippen LogP contribution is 2.35. The van der Waals surface area contributed by atoms with Crippen LogP contribution >= 0.6 is 27.7 Å². The minimum Gasteiger partial charge on any atom is -0.278 e. The number of rotatable bonds is 2. The van der Waals surface area contributed by atoms with Gasteiger partial charge < -0.3 is 0 Å². The number of nitrogens with zero attached hydrogens (tertiary/aromatic N) is 1. The first-order valence-electron chi connectivity index (χ1n) is 6.28. The summed E-state index contributed by atoms with van der Waals surface area (Å²) in [5, 5.41) is 8.26. The number of hydrogen-bond donors (Lipinski definition) is 1. The Morgan fingerprint density at radius 1 is 1.10 bits per heavy atom. The van der Waals surface area contributed by atoms with Crippen molar-refractivity contribution in [2.75, 3.05) is 4.90 Å². The van der Waals surface area contributed by atoms with Gasteiger partial charge in [0.15, 0.2) is 5.17 Å². The molecule has 5 heteroatoms. The molecule has 2 aromatic rings. The Hall–Kier alpha value is -1.85. The van der Waals surface area contributed by atoms with Gasteiger partial charge in [-0.1, -0.05) is 46.3 Å². The van der Waals surface area contributed by atoms with Crippen LogP contribution in [0.1, 0.15) is 5.56 Å². The van der Waals surface area contributed by atoms with Crippen LogP contribution in [0.4, 0.5) is 5.69 Å². The number of amides is 1. The highest BCUT2D eigenvalue weighted by atomic mass is 79.9. The van der Waals surface area contributed by atoms with Crippen molar-refractivity contribution in [2.24, 2.45) is 0 Å². The fourth-order valence-electron chi connectivity index (χ4n) is 2.05. The predicted octanol–water partition coefficient (Wildman–Crippen LogP) is 4.50. The first kappa shape index (κ1) is 14.1. The molecule has 0 aliphatic carbocycles. The van der Waals surface area contributed by atoms with Crippen LogP contribution in [0.15, 0.2) is 64.0 Å². The van der Waals surface area contributed by atoms with Crippen LogP contribution < -0.4 is 4.90 Å². The number of nitrogens with one attached hydrogen (secondary N) is 1. The fourth-order valence-corrected chi connectivity index (χ4v) is 3.32. The van der Waals surface area contributed by atoms with E-state index in [1.807, 2.05) is 60.7 Å². The molecule has 3 rings (SSSR count). The standard InChI is InChI=1S/C16H11BrN2OS/c17-12-6-4-5-11(9-12)10-14-15(20)19(16(18)21-14)13-7-2-1-3-8-13/h1-10,18H/b14-10-,18-16?. The molecular formula is C16H11BrN2OS. The Balaban J connectivity index is 1.94. The van der Waals surface area contributed by atoms with Crippen molar-refractivity contribution in [3.63, 3.8) is 0 Å². The van der Waals surface area contributed by atoms with Gasteiger partial charge in [-0.15, -0.1) is 0 Å². The smallest absolute Gasteiger partial charge is 0.271 e. The number of para-hydroxylation sites is 1. The fraction of sp³-hybridized carbons (Fsp3) is 0. The number of thioether (sulfide) groups is 1. The third-order valence-corrected chi connectivity index (χ3v) is 4.37. The van der Waals surface area contributed by atoms with E-state index in [1.165, 1.54) is 16.7 Å². The van der Waals surface area contributed by atoms with E-state index in [1.54, 1.807) is 0 Å². The molecule has 1 heterocycles. The molecular weight excluding hydrogens is 348 g/mol. The second-order valence-corrected chi connectivity index (χ2v) is 6.39. The summed E-state index contributed by atoms with van der Waals surface area (Å²) in [5.74, 6) is -0.156. The zero-order valence-electron chi connectivity index (χ0n) is 10.9. The zero-order chi connectivity index (χ0) is 14.8. The van der Waals surface area contributed by atoms with Crippen molar-refractivity contribution in [3.05, 3.63) is 69.5 Å². The third-order valence-electron chi connectivity index (χ3n) is 2.98. The van der Waals surface area contributed by atoms with Crippen molar-refractivity contribution in [1.82, 2.24) is 0 Å². The van der Waals surface area contributed by atoms with E-state index in [2.05, 4.69) is 15.9 Å². The summed E-state index contributed by atoms with van der Waals surface area (Å²) in [6.45, 7) is 0. The third kappa shape index (κ3) is 2.94. The second kappa shape index (κ2) is 5.87. The van der Waals surface area contributed by atoms with Gasteiger partial charge in [-0.3, -0.25) is 15.1 Å². The summed E-state index contributed by atoms with van der Waals surface area (Å²) in [5.41, 5.74) is 1.65. The summed E-state index contributed by atoms with van der Waals surface area (Å²) < 4.78 is 0.960. The lowest BCUT2D eigenvalue weighted by Crippen LogP contribution is -2.27. The SMILES string of the molecule is N=C1S/C(=C\c2cccc(Br)c2)C(=O)N1c1ccccc1. The lowest BCUT2D eigenvalue weighted by atomic mass is 10.2. The predicted molar refractivity (Wildman–Crippen MR) is 91.4 cm³/mol. The van der Waals surface area contributed by atoms with Crippen LogP contribution in [0.5, 0.6) is 0 Å². The Morgan fingerprint density at radius 3 is 2.57 bits per heavy atom. The Kier molecular flexibility index (Phi) is 3.94. The van der Waals surface area contributed by atoms with Crippen LogP contribution in [-0.2, 0) is 4.79 Å². The number of benzene rings is 2. The maximum absolute atomic E-state index is 12.5. The van der Waals surface area contributed by atoms with E-state index in [9.17, 15) is 4.79 Å². The summed E-state index contributed by atoms with van der Waals surface area (Å²) in [6.07, 6.45) is 1.81. The first-order valence-corrected chi connectivity index (χ1v) is 7.89. The lowest BCUT2D eigenvalue weighted by Gasteiger charge is -2.13. The monoisotopic (exact) mass is 358 g/mol. The average molecular weight is 359 g/mol. The molecule has 104 valence electrons. The Labute approximate surface area is 135 Å². The maximum atomic E-state index is 12.5. The van der Waals surface area contributed by atoms with Gasteiger partial charge in [0.05, 0.1) is 10.6 Å². The molecule has 0 spiro atoms. The van der Waals surface area contributed by atoms with Crippen molar-refractivity contribution in [3.8, 4) is 0 Å². The highest BCUT2D eigenvalue weighted by molar-refractivity contribution is 9.10. The van der Waals surface area contributed by atoms with Crippen molar-refractivity contribution in [2.45, 2.75) is 0 Å². The molecule has 0 atom stereocenters. The van der Waals surface area contributed by atoms with E-state index < -0.39 is 0 Å². The van der Waals surface area contributed by atoms with Crippen molar-refractivity contribution in [1.29, 1.82) is 5.41 Å². The molecule has 0 unspecified atom stereocenters. The lowest BCUT2D eigenvalue weighted by molar-refractivity contribution is -0.113. The van der Waals surface area contributed by atoms with Gasteiger partial charge in [-0.25, -0.2) is 0 Å². The largest absolute Gasteiger partial charge is 0.278 e. The van der Waals surface area contributed by atoms with E-state index >= 15 is 0 Å². The number of amidine groups is 1. The van der Waals surface area contributed by atoms with Crippen LogP contribution in [0, 0.1) is 5.41 Å². The van der Waals surface area contributed by atoms with Crippen LogP contribution in [0.25, 0.3) is 6.08 Å². The number of anilines is 1. The Bertz CT molecular complexity index is 743. The maximum Gasteiger partial charge on any atom is 0.271 e. The molecule has 1 saturated heterocycles. The van der Waals surface area contributed by atoms with Gasteiger partial charge in [0, 0.05) is 4.47 Å². The molecule has 0 radical (unpaired) electrons. The molecule has 1 fully saturated rings. The normalized spacial score (nSPS) is 16.8. The van der Waals surface area contributed by atoms with Gasteiger partial charge in [0.2, 0.25) is 0 Å². The van der Waals surface area contributed by atoms with E-state index in [0.29, 0.717) is 4.91 Å². The van der Waals surface area contributed by atoms with Gasteiger partial charge in [-0.2, -0.15) is 0 Å². The van der Waals surface area contributed by atoms with Crippen LogP contribution in [0.2, 0.25) is 0 Å². The molecule has 21 heavy (non-hydrogen) atoms. The molecule has 1 amide bonds. The van der Waals surface area contributed by atoms with Gasteiger partial charge in [-0.05, 0) is 47.7 Å². The van der Waals surface area contributed by atoms with E-state index in [0.717, 1.165) is 15.7 Å². The van der Waals surface area contributed by atoms with Gasteiger partial charge in [0.25, 0.3) is 5.91 Å². The molecule has 0 aromatic heterocycles. The van der Waals surface area contributed by atoms with Crippen LogP contribution in [0.3, 0.4) is 0 Å². The van der Waals surface area contributed by atoms with E-state index in [-0.39, 0.29) is 11.1 Å². The van der Waals surface area contributed by atoms with E-state index in [4.69, 9.17) is 5.41 Å². The number of halogens is 1. The second-order valence-electron chi connectivity index (χ2n) is 4.45. The molecule has 3 nitrogen and oxygen atoms in total. The minimum atomic E-state index is -0.156. The summed E-state index contributed by atoms with van der Waals surface area (Å²) in [7, 11) is 0. The molecule has 1 aliphatic heterocycles. The Morgan fingerprint density at radius 2 is 1.86 bits per heavy atom. The van der Waals surface area contributed by atoms with Crippen LogP contribution in [-0.4, -0.2) is 11.1 Å². The number of carbonyl (C=O) groups is 1. The van der Waals surface area contributed by atoms with Gasteiger partial charge in [0.1, 0.15) is 0 Å². The number of carbonyl (C=O) groups excluding carboxylic acids is 1. The summed E-state index contributed by atoms with van der Waals surface area (Å²) >= 11 is 4.60. The summed E-state index contributed by atoms with van der Waals surface area (Å²) in [4.78, 5) is 14.5. The average Bonchev–Trinajstić information content (AvgIpc) is 2.74.